The van der Waals surface area contributed by atoms with Gasteiger partial charge in [0.25, 0.3) is 0 Å². The van der Waals surface area contributed by atoms with Gasteiger partial charge in [0.05, 0.1) is 42.5 Å². The largest absolute Gasteiger partial charge is 0.462 e. The van der Waals surface area contributed by atoms with Crippen molar-refractivity contribution in [1.29, 1.82) is 5.26 Å². The topological polar surface area (TPSA) is 152 Å². The molecule has 7 aliphatic rings. The lowest BCUT2D eigenvalue weighted by Crippen LogP contribution is -2.59. The zero-order chi connectivity index (χ0) is 45.6. The number of likely N-dealkylation sites (N-methyl/N-ethyl adjacent to an activating group) is 1. The molecular weight excluding hydrogens is 817 g/mol. The summed E-state index contributed by atoms with van der Waals surface area (Å²) < 4.78 is 50.5. The van der Waals surface area contributed by atoms with Crippen LogP contribution in [0.25, 0.3) is 5.57 Å². The molecular formula is C51H70N2O11. The van der Waals surface area contributed by atoms with Crippen molar-refractivity contribution in [2.45, 2.75) is 153 Å². The molecule has 350 valence electrons. The molecule has 2 unspecified atom stereocenters. The molecule has 0 radical (unpaired) electrons. The Balaban J connectivity index is 1.14. The number of ether oxygens (including phenoxy) is 8. The molecule has 13 nitrogen and oxygen atoms in total. The Morgan fingerprint density at radius 3 is 2.14 bits per heavy atom. The van der Waals surface area contributed by atoms with Crippen molar-refractivity contribution in [3.8, 4) is 6.07 Å². The molecule has 0 amide bonds. The molecule has 2 saturated carbocycles. The Kier molecular flexibility index (Phi) is 14.7. The summed E-state index contributed by atoms with van der Waals surface area (Å²) >= 11 is 0. The SMILES string of the molecule is CC[C@H]1CCC[C@H](O[C@H]2CC[C@H](N(C)C)[C@@H](C)O2)[C@@H](C)C(=O)C2=C[C@H]3[C@@H]4C[C@H](O[C@@H]5O[C@@H](C)[C@H](OC)[C@@H](OC)[C@H]5OC)C[C@H]4C4C=C(c5ccc(C#N)cc5)C(=O)C4[C@H]3[C@@H]2CC(=O)O1. The summed E-state index contributed by atoms with van der Waals surface area (Å²) in [6.45, 7) is 8.04. The van der Waals surface area contributed by atoms with Crippen molar-refractivity contribution >= 4 is 23.1 Å². The van der Waals surface area contributed by atoms with Crippen LogP contribution in [0.4, 0.5) is 0 Å². The van der Waals surface area contributed by atoms with Crippen LogP contribution in [0.1, 0.15) is 96.6 Å². The highest BCUT2D eigenvalue weighted by atomic mass is 16.7. The predicted molar refractivity (Wildman–Crippen MR) is 236 cm³/mol. The molecule has 5 fully saturated rings. The van der Waals surface area contributed by atoms with E-state index in [0.717, 1.165) is 24.8 Å². The lowest BCUT2D eigenvalue weighted by atomic mass is 9.57. The van der Waals surface area contributed by atoms with Gasteiger partial charge in [0.15, 0.2) is 24.1 Å². The Bertz CT molecular complexity index is 1960. The van der Waals surface area contributed by atoms with Crippen molar-refractivity contribution in [2.75, 3.05) is 35.4 Å². The average molecular weight is 887 g/mol. The summed E-state index contributed by atoms with van der Waals surface area (Å²) in [6, 6.07) is 9.66. The molecule has 0 N–H and O–H groups in total. The molecule has 64 heavy (non-hydrogen) atoms. The zero-order valence-electron chi connectivity index (χ0n) is 39.2. The van der Waals surface area contributed by atoms with Crippen molar-refractivity contribution in [3.63, 3.8) is 0 Å². The number of Topliss-reactive ketones (excluding diaryl/α,β-unsaturated/α-hetero) is 2. The molecule has 19 atom stereocenters. The summed E-state index contributed by atoms with van der Waals surface area (Å²) in [5.41, 5.74) is 2.53. The number of nitrogens with zero attached hydrogens (tertiary/aromatic N) is 2. The van der Waals surface area contributed by atoms with E-state index in [1.807, 2.05) is 32.9 Å². The van der Waals surface area contributed by atoms with E-state index in [2.05, 4.69) is 44.1 Å². The number of benzene rings is 1. The van der Waals surface area contributed by atoms with Crippen LogP contribution in [0.3, 0.4) is 0 Å². The monoisotopic (exact) mass is 886 g/mol. The summed E-state index contributed by atoms with van der Waals surface area (Å²) in [6.07, 6.45) is 6.35. The smallest absolute Gasteiger partial charge is 0.306 e. The second-order valence-corrected chi connectivity index (χ2v) is 19.8. The van der Waals surface area contributed by atoms with E-state index in [9.17, 15) is 10.1 Å². The van der Waals surface area contributed by atoms with Gasteiger partial charge in [-0.2, -0.15) is 5.26 Å². The summed E-state index contributed by atoms with van der Waals surface area (Å²) in [7, 11) is 9.04. The quantitative estimate of drug-likeness (QED) is 0.230. The third-order valence-corrected chi connectivity index (χ3v) is 16.2. The van der Waals surface area contributed by atoms with Crippen LogP contribution in [-0.2, 0) is 52.3 Å². The van der Waals surface area contributed by atoms with E-state index in [1.165, 1.54) is 0 Å². The van der Waals surface area contributed by atoms with Gasteiger partial charge in [-0.1, -0.05) is 38.1 Å². The van der Waals surface area contributed by atoms with Gasteiger partial charge in [0.1, 0.15) is 24.4 Å². The van der Waals surface area contributed by atoms with Crippen molar-refractivity contribution < 1.29 is 52.3 Å². The molecule has 13 heteroatoms. The van der Waals surface area contributed by atoms with Crippen molar-refractivity contribution in [2.24, 2.45) is 47.3 Å². The van der Waals surface area contributed by atoms with Crippen LogP contribution in [-0.4, -0.2) is 125 Å². The number of carbonyl (C=O) groups excluding carboxylic acids is 3. The van der Waals surface area contributed by atoms with E-state index < -0.39 is 48.6 Å². The van der Waals surface area contributed by atoms with E-state index in [4.69, 9.17) is 37.9 Å². The maximum atomic E-state index is 15.3. The molecule has 8 rings (SSSR count). The van der Waals surface area contributed by atoms with Gasteiger partial charge >= 0.3 is 5.97 Å². The second-order valence-electron chi connectivity index (χ2n) is 19.8. The minimum atomic E-state index is -0.717. The molecule has 0 aromatic heterocycles. The molecule has 4 aliphatic carbocycles. The first kappa shape index (κ1) is 47.2. The van der Waals surface area contributed by atoms with Crippen LogP contribution in [0.2, 0.25) is 0 Å². The summed E-state index contributed by atoms with van der Waals surface area (Å²) in [4.78, 5) is 46.7. The fourth-order valence-electron chi connectivity index (χ4n) is 13.1. The molecule has 3 saturated heterocycles. The van der Waals surface area contributed by atoms with E-state index >= 15 is 9.59 Å². The number of hydrogen-bond donors (Lipinski definition) is 0. The number of nitriles is 1. The number of allylic oxidation sites excluding steroid dienone is 4. The predicted octanol–water partition coefficient (Wildman–Crippen LogP) is 6.70. The first-order valence-corrected chi connectivity index (χ1v) is 23.9. The number of cyclic esters (lactones) is 1. The molecule has 3 heterocycles. The first-order valence-electron chi connectivity index (χ1n) is 23.9. The minimum Gasteiger partial charge on any atom is -0.462 e. The normalized spacial score (nSPS) is 42.6. The number of rotatable bonds is 10. The fourth-order valence-corrected chi connectivity index (χ4v) is 13.1. The number of esters is 1. The van der Waals surface area contributed by atoms with Crippen LogP contribution < -0.4 is 0 Å². The molecule has 0 bridgehead atoms. The number of carbonyl (C=O) groups is 3. The third-order valence-electron chi connectivity index (χ3n) is 16.2. The molecule has 3 aliphatic heterocycles. The number of ketones is 2. The van der Waals surface area contributed by atoms with Gasteiger partial charge in [-0.3, -0.25) is 14.4 Å². The second kappa shape index (κ2) is 19.9. The Morgan fingerprint density at radius 2 is 1.50 bits per heavy atom. The average Bonchev–Trinajstić information content (AvgIpc) is 3.97. The maximum absolute atomic E-state index is 15.3. The van der Waals surface area contributed by atoms with E-state index in [1.54, 1.807) is 33.5 Å². The Labute approximate surface area is 379 Å². The van der Waals surface area contributed by atoms with Gasteiger partial charge in [0.2, 0.25) is 0 Å². The fraction of sp³-hybridized carbons (Fsp3) is 0.725. The van der Waals surface area contributed by atoms with Crippen molar-refractivity contribution in [3.05, 3.63) is 53.1 Å². The number of hydrogen-bond acceptors (Lipinski definition) is 13. The maximum Gasteiger partial charge on any atom is 0.306 e. The standard InChI is InChI=1S/C51H70N2O11/c1-10-31-12-11-13-41(64-43-19-18-40(53(5)6)27(3)60-43)26(2)46(55)39-23-36-34-20-32(63-51-50(59-9)49(58-8)48(57-7)28(4)61-51)21-35(34)37-22-33(30-16-14-29(25-52)15-17-30)47(56)45(37)44(36)38(39)24-42(54)62-31/h14-17,22-23,26-28,31-32,34-38,40-41,43-45,48-51H,10-13,18-21,24H2,1-9H3/t26-,27-,28+,31+,32+,34-,35-,36+,37?,38-,40+,41+,43+,44-,45?,48+,49-,50-,51+/m1/s1. The Morgan fingerprint density at radius 1 is 0.797 bits per heavy atom. The van der Waals surface area contributed by atoms with Gasteiger partial charge in [-0.25, -0.2) is 0 Å². The Hall–Kier alpha value is -3.32. The zero-order valence-corrected chi connectivity index (χ0v) is 39.2. The summed E-state index contributed by atoms with van der Waals surface area (Å²) in [5, 5.41) is 9.56. The number of fused-ring (bicyclic) bond motifs is 8. The van der Waals surface area contributed by atoms with E-state index in [0.29, 0.717) is 48.8 Å². The minimum absolute atomic E-state index is 0.0189. The van der Waals surface area contributed by atoms with Crippen molar-refractivity contribution in [1.82, 2.24) is 4.90 Å². The van der Waals surface area contributed by atoms with E-state index in [-0.39, 0.29) is 90.1 Å². The van der Waals surface area contributed by atoms with Crippen LogP contribution in [0.5, 0.6) is 0 Å². The number of methoxy groups -OCH3 is 3. The van der Waals surface area contributed by atoms with Gasteiger partial charge in [-0.05, 0) is 132 Å². The molecule has 0 spiro atoms. The van der Waals surface area contributed by atoms with Gasteiger partial charge in [0, 0.05) is 50.7 Å². The van der Waals surface area contributed by atoms with Crippen LogP contribution >= 0.6 is 0 Å². The lowest BCUT2D eigenvalue weighted by Gasteiger charge is -2.45. The summed E-state index contributed by atoms with van der Waals surface area (Å²) in [5.74, 6) is -2.34. The highest BCUT2D eigenvalue weighted by molar-refractivity contribution is 6.24. The first-order chi connectivity index (χ1) is 30.8. The van der Waals surface area contributed by atoms with Gasteiger partial charge in [-0.15, -0.1) is 0 Å². The van der Waals surface area contributed by atoms with Crippen LogP contribution in [0, 0.1) is 58.7 Å². The highest BCUT2D eigenvalue weighted by Crippen LogP contribution is 2.64. The third kappa shape index (κ3) is 8.95. The lowest BCUT2D eigenvalue weighted by molar-refractivity contribution is -0.314. The highest BCUT2D eigenvalue weighted by Gasteiger charge is 2.62. The molecule has 1 aromatic carbocycles. The van der Waals surface area contributed by atoms with Crippen LogP contribution in [0.15, 0.2) is 42.0 Å². The van der Waals surface area contributed by atoms with Gasteiger partial charge < -0.3 is 42.8 Å². The molecule has 1 aromatic rings.